The quantitative estimate of drug-likeness (QED) is 0.496. The van der Waals surface area contributed by atoms with Gasteiger partial charge in [-0.2, -0.15) is 5.26 Å². The van der Waals surface area contributed by atoms with Gasteiger partial charge in [0, 0.05) is 55.9 Å². The summed E-state index contributed by atoms with van der Waals surface area (Å²) in [5.74, 6) is 0.318. The van der Waals surface area contributed by atoms with Gasteiger partial charge < -0.3 is 20.3 Å². The minimum Gasteiger partial charge on any atom is -0.379 e. The number of hydrogen-bond donors (Lipinski definition) is 2. The summed E-state index contributed by atoms with van der Waals surface area (Å²) in [5.41, 5.74) is 1.35. The molecule has 2 aliphatic heterocycles. The molecule has 0 aromatic carbocycles. The summed E-state index contributed by atoms with van der Waals surface area (Å²) in [4.78, 5) is 33.5. The van der Waals surface area contributed by atoms with E-state index in [4.69, 9.17) is 4.74 Å². The van der Waals surface area contributed by atoms with Crippen molar-refractivity contribution < 1.29 is 13.9 Å². The summed E-state index contributed by atoms with van der Waals surface area (Å²) in [6.07, 6.45) is 6.24. The number of carbonyl (C=O) groups excluding carboxylic acids is 1. The lowest BCUT2D eigenvalue weighted by atomic mass is 10.1. The molecule has 3 aromatic rings. The number of nitrogens with zero attached hydrogens (tertiary/aromatic N) is 7. The summed E-state index contributed by atoms with van der Waals surface area (Å²) in [6, 6.07) is 7.10. The summed E-state index contributed by atoms with van der Waals surface area (Å²) >= 11 is 0. The molecule has 1 amide bonds. The zero-order chi connectivity index (χ0) is 25.6. The van der Waals surface area contributed by atoms with E-state index >= 15 is 0 Å². The number of aromatic nitrogens is 4. The molecule has 0 atom stereocenters. The van der Waals surface area contributed by atoms with Gasteiger partial charge in [-0.3, -0.25) is 9.69 Å². The predicted molar refractivity (Wildman–Crippen MR) is 135 cm³/mol. The van der Waals surface area contributed by atoms with Crippen LogP contribution in [0.15, 0.2) is 36.8 Å². The summed E-state index contributed by atoms with van der Waals surface area (Å²) in [7, 11) is 0. The van der Waals surface area contributed by atoms with Crippen molar-refractivity contribution in [2.24, 2.45) is 0 Å². The molecule has 0 radical (unpaired) electrons. The van der Waals surface area contributed by atoms with Gasteiger partial charge in [0.05, 0.1) is 31.5 Å². The molecule has 0 aliphatic carbocycles. The van der Waals surface area contributed by atoms with Gasteiger partial charge >= 0.3 is 0 Å². The van der Waals surface area contributed by atoms with Crippen LogP contribution in [-0.2, 0) is 9.53 Å². The van der Waals surface area contributed by atoms with Gasteiger partial charge in [-0.1, -0.05) is 0 Å². The standard InChI is InChI=1S/C25H26FN9O2/c26-20-15-30-25(33-23(20)18-11-17(13-27)24(29-14-18)35-5-1-2-6-35)31-19-3-4-28-21(12-19)32-22(36)16-34-7-9-37-10-8-34/h3-4,11-12,14-15H,1-2,5-10,16H2,(H2,28,30,31,32,33,36). The van der Waals surface area contributed by atoms with Crippen LogP contribution in [-0.4, -0.2) is 76.7 Å². The maximum absolute atomic E-state index is 14.7. The van der Waals surface area contributed by atoms with Gasteiger partial charge in [0.15, 0.2) is 5.82 Å². The zero-order valence-corrected chi connectivity index (χ0v) is 20.2. The highest BCUT2D eigenvalue weighted by atomic mass is 19.1. The first-order chi connectivity index (χ1) is 18.1. The number of halogens is 1. The van der Waals surface area contributed by atoms with Gasteiger partial charge in [0.1, 0.15) is 23.4 Å². The van der Waals surface area contributed by atoms with Crippen molar-refractivity contribution in [1.82, 2.24) is 24.8 Å². The molecule has 2 saturated heterocycles. The number of anilines is 4. The molecule has 0 bridgehead atoms. The molecule has 190 valence electrons. The van der Waals surface area contributed by atoms with Crippen molar-refractivity contribution in [3.05, 3.63) is 48.2 Å². The normalized spacial score (nSPS) is 15.8. The van der Waals surface area contributed by atoms with E-state index < -0.39 is 5.82 Å². The van der Waals surface area contributed by atoms with Crippen molar-refractivity contribution in [2.75, 3.05) is 61.5 Å². The Morgan fingerprint density at radius 2 is 1.92 bits per heavy atom. The van der Waals surface area contributed by atoms with Gasteiger partial charge in [-0.15, -0.1) is 0 Å². The second-order valence-corrected chi connectivity index (χ2v) is 8.78. The topological polar surface area (TPSA) is 132 Å². The molecule has 5 rings (SSSR count). The third kappa shape index (κ3) is 5.96. The highest BCUT2D eigenvalue weighted by Crippen LogP contribution is 2.28. The predicted octanol–water partition coefficient (Wildman–Crippen LogP) is 2.56. The number of nitriles is 1. The minimum atomic E-state index is -0.629. The summed E-state index contributed by atoms with van der Waals surface area (Å²) in [6.45, 7) is 4.58. The lowest BCUT2D eigenvalue weighted by Crippen LogP contribution is -2.41. The fraction of sp³-hybridized carbons (Fsp3) is 0.360. The van der Waals surface area contributed by atoms with Crippen LogP contribution in [0.2, 0.25) is 0 Å². The molecule has 0 spiro atoms. The van der Waals surface area contributed by atoms with Crippen molar-refractivity contribution >= 4 is 29.2 Å². The second kappa shape index (κ2) is 11.2. The van der Waals surface area contributed by atoms with Crippen molar-refractivity contribution in [3.63, 3.8) is 0 Å². The number of ether oxygens (including phenoxy) is 1. The first kappa shape index (κ1) is 24.5. The third-order valence-electron chi connectivity index (χ3n) is 6.16. The molecule has 11 nitrogen and oxygen atoms in total. The van der Waals surface area contributed by atoms with Gasteiger partial charge in [0.25, 0.3) is 0 Å². The van der Waals surface area contributed by atoms with Crippen LogP contribution < -0.4 is 15.5 Å². The average Bonchev–Trinajstić information content (AvgIpc) is 3.45. The first-order valence-electron chi connectivity index (χ1n) is 12.1. The van der Waals surface area contributed by atoms with E-state index in [-0.39, 0.29) is 24.1 Å². The molecule has 5 heterocycles. The summed E-state index contributed by atoms with van der Waals surface area (Å²) < 4.78 is 20.0. The Kier molecular flexibility index (Phi) is 7.43. The summed E-state index contributed by atoms with van der Waals surface area (Å²) in [5, 5.41) is 15.5. The van der Waals surface area contributed by atoms with Crippen LogP contribution in [0.25, 0.3) is 11.3 Å². The van der Waals surface area contributed by atoms with Crippen LogP contribution in [0.3, 0.4) is 0 Å². The molecule has 2 aliphatic rings. The Morgan fingerprint density at radius 1 is 1.11 bits per heavy atom. The molecule has 12 heteroatoms. The average molecular weight is 504 g/mol. The van der Waals surface area contributed by atoms with E-state index in [1.54, 1.807) is 18.2 Å². The van der Waals surface area contributed by atoms with E-state index in [9.17, 15) is 14.4 Å². The van der Waals surface area contributed by atoms with Crippen molar-refractivity contribution in [1.29, 1.82) is 5.26 Å². The van der Waals surface area contributed by atoms with Crippen LogP contribution in [0, 0.1) is 17.1 Å². The molecular weight excluding hydrogens is 477 g/mol. The number of hydrogen-bond acceptors (Lipinski definition) is 10. The van der Waals surface area contributed by atoms with Crippen molar-refractivity contribution in [2.45, 2.75) is 12.8 Å². The number of nitrogens with one attached hydrogen (secondary N) is 2. The van der Waals surface area contributed by atoms with Gasteiger partial charge in [-0.25, -0.2) is 24.3 Å². The molecule has 37 heavy (non-hydrogen) atoms. The fourth-order valence-corrected chi connectivity index (χ4v) is 4.33. The van der Waals surface area contributed by atoms with E-state index in [0.29, 0.717) is 54.8 Å². The first-order valence-corrected chi connectivity index (χ1v) is 12.1. The van der Waals surface area contributed by atoms with Crippen LogP contribution >= 0.6 is 0 Å². The maximum Gasteiger partial charge on any atom is 0.239 e. The van der Waals surface area contributed by atoms with E-state index in [1.165, 1.54) is 12.4 Å². The molecule has 2 N–H and O–H groups in total. The Labute approximate surface area is 213 Å². The van der Waals surface area contributed by atoms with E-state index in [1.807, 2.05) is 4.90 Å². The lowest BCUT2D eigenvalue weighted by molar-refractivity contribution is -0.118. The minimum absolute atomic E-state index is 0.0302. The highest BCUT2D eigenvalue weighted by Gasteiger charge is 2.20. The largest absolute Gasteiger partial charge is 0.379 e. The van der Waals surface area contributed by atoms with Crippen LogP contribution in [0.4, 0.5) is 27.7 Å². The zero-order valence-electron chi connectivity index (χ0n) is 20.2. The molecule has 2 fully saturated rings. The van der Waals surface area contributed by atoms with Crippen LogP contribution in [0.1, 0.15) is 18.4 Å². The van der Waals surface area contributed by atoms with E-state index in [0.717, 1.165) is 32.1 Å². The monoisotopic (exact) mass is 503 g/mol. The smallest absolute Gasteiger partial charge is 0.239 e. The van der Waals surface area contributed by atoms with Gasteiger partial charge in [0.2, 0.25) is 11.9 Å². The van der Waals surface area contributed by atoms with Crippen molar-refractivity contribution in [3.8, 4) is 17.3 Å². The number of amides is 1. The van der Waals surface area contributed by atoms with Crippen LogP contribution in [0.5, 0.6) is 0 Å². The Bertz CT molecular complexity index is 1320. The maximum atomic E-state index is 14.7. The molecule has 3 aromatic heterocycles. The SMILES string of the molecule is N#Cc1cc(-c2nc(Nc3ccnc(NC(=O)CN4CCOCC4)c3)ncc2F)cnc1N1CCCC1. The number of rotatable bonds is 7. The Balaban J connectivity index is 1.30. The molecular formula is C25H26FN9O2. The number of carbonyl (C=O) groups is 1. The molecule has 0 saturated carbocycles. The fourth-order valence-electron chi connectivity index (χ4n) is 4.33. The lowest BCUT2D eigenvalue weighted by Gasteiger charge is -2.25. The van der Waals surface area contributed by atoms with Gasteiger partial charge in [-0.05, 0) is 25.0 Å². The Hall–Kier alpha value is -4.21. The number of pyridine rings is 2. The van der Waals surface area contributed by atoms with E-state index in [2.05, 4.69) is 41.5 Å². The number of morpholine rings is 1. The highest BCUT2D eigenvalue weighted by molar-refractivity contribution is 5.91. The molecule has 0 unspecified atom stereocenters. The Morgan fingerprint density at radius 3 is 2.70 bits per heavy atom. The third-order valence-corrected chi connectivity index (χ3v) is 6.16. The second-order valence-electron chi connectivity index (χ2n) is 8.78.